The van der Waals surface area contributed by atoms with Crippen LogP contribution in [-0.2, 0) is 6.42 Å². The van der Waals surface area contributed by atoms with Crippen LogP contribution in [0.5, 0.6) is 0 Å². The van der Waals surface area contributed by atoms with Crippen LogP contribution in [0.15, 0.2) is 10.9 Å². The molecule has 1 unspecified atom stereocenters. The molecule has 2 rings (SSSR count). The van der Waals surface area contributed by atoms with Crippen LogP contribution in [0, 0.1) is 0 Å². The summed E-state index contributed by atoms with van der Waals surface area (Å²) < 4.78 is 0. The van der Waals surface area contributed by atoms with Crippen molar-refractivity contribution >= 4 is 11.3 Å². The lowest BCUT2D eigenvalue weighted by atomic mass is 10.2. The van der Waals surface area contributed by atoms with Gasteiger partial charge >= 0.3 is 0 Å². The lowest BCUT2D eigenvalue weighted by molar-refractivity contribution is 0.268. The number of aromatic nitrogens is 1. The molecule has 0 spiro atoms. The fraction of sp³-hybridized carbons (Fsp3) is 0.750. The van der Waals surface area contributed by atoms with Gasteiger partial charge in [0.05, 0.1) is 11.2 Å². The van der Waals surface area contributed by atoms with E-state index in [1.807, 2.05) is 5.51 Å². The van der Waals surface area contributed by atoms with Crippen molar-refractivity contribution in [3.8, 4) is 0 Å². The first-order valence-electron chi connectivity index (χ1n) is 6.10. The molecule has 0 aliphatic carbocycles. The maximum atomic E-state index is 4.29. The van der Waals surface area contributed by atoms with Gasteiger partial charge in [0.15, 0.2) is 0 Å². The van der Waals surface area contributed by atoms with Gasteiger partial charge in [-0.15, -0.1) is 11.3 Å². The predicted octanol–water partition coefficient (Wildman–Crippen LogP) is 1.76. The van der Waals surface area contributed by atoms with Gasteiger partial charge in [0.25, 0.3) is 0 Å². The monoisotopic (exact) mass is 239 g/mol. The first kappa shape index (κ1) is 12.0. The molecular weight excluding hydrogens is 218 g/mol. The third kappa shape index (κ3) is 3.27. The molecule has 0 amide bonds. The normalized spacial score (nSPS) is 22.1. The van der Waals surface area contributed by atoms with Gasteiger partial charge in [0.1, 0.15) is 0 Å². The van der Waals surface area contributed by atoms with Crippen molar-refractivity contribution in [1.82, 2.24) is 15.2 Å². The molecule has 1 aromatic rings. The Morgan fingerprint density at radius 1 is 1.62 bits per heavy atom. The maximum Gasteiger partial charge on any atom is 0.0794 e. The molecule has 1 aliphatic heterocycles. The van der Waals surface area contributed by atoms with Gasteiger partial charge in [-0.25, -0.2) is 4.98 Å². The van der Waals surface area contributed by atoms with E-state index in [2.05, 4.69) is 34.4 Å². The van der Waals surface area contributed by atoms with E-state index >= 15 is 0 Å². The molecule has 3 nitrogen and oxygen atoms in total. The predicted molar refractivity (Wildman–Crippen MR) is 68.9 cm³/mol. The molecule has 1 fully saturated rings. The van der Waals surface area contributed by atoms with Gasteiger partial charge in [0.2, 0.25) is 0 Å². The van der Waals surface area contributed by atoms with Gasteiger partial charge < -0.3 is 5.32 Å². The average Bonchev–Trinajstić information content (AvgIpc) is 2.87. The van der Waals surface area contributed by atoms with Crippen LogP contribution < -0.4 is 5.32 Å². The molecule has 16 heavy (non-hydrogen) atoms. The van der Waals surface area contributed by atoms with E-state index in [1.54, 1.807) is 11.3 Å². The molecule has 4 heteroatoms. The van der Waals surface area contributed by atoms with Crippen molar-refractivity contribution in [2.75, 3.05) is 19.6 Å². The number of hydrogen-bond acceptors (Lipinski definition) is 4. The van der Waals surface area contributed by atoms with Gasteiger partial charge in [0, 0.05) is 37.0 Å². The summed E-state index contributed by atoms with van der Waals surface area (Å²) in [5.74, 6) is 0. The Morgan fingerprint density at radius 2 is 2.50 bits per heavy atom. The summed E-state index contributed by atoms with van der Waals surface area (Å²) >= 11 is 1.68. The minimum absolute atomic E-state index is 0.682. The summed E-state index contributed by atoms with van der Waals surface area (Å²) in [4.78, 5) is 6.83. The lowest BCUT2D eigenvalue weighted by Gasteiger charge is -2.20. The van der Waals surface area contributed by atoms with Gasteiger partial charge in [-0.05, 0) is 26.8 Å². The number of thiazole rings is 1. The zero-order chi connectivity index (χ0) is 11.4. The molecule has 0 saturated carbocycles. The van der Waals surface area contributed by atoms with Crippen molar-refractivity contribution in [3.63, 3.8) is 0 Å². The summed E-state index contributed by atoms with van der Waals surface area (Å²) in [7, 11) is 0. The number of rotatable bonds is 5. The Balaban J connectivity index is 1.64. The topological polar surface area (TPSA) is 28.2 Å². The van der Waals surface area contributed by atoms with E-state index in [0.717, 1.165) is 13.0 Å². The second kappa shape index (κ2) is 5.75. The largest absolute Gasteiger partial charge is 0.312 e. The molecule has 90 valence electrons. The van der Waals surface area contributed by atoms with E-state index < -0.39 is 0 Å². The Morgan fingerprint density at radius 3 is 3.12 bits per heavy atom. The van der Waals surface area contributed by atoms with Crippen LogP contribution in [-0.4, -0.2) is 41.6 Å². The molecule has 0 radical (unpaired) electrons. The van der Waals surface area contributed by atoms with E-state index in [4.69, 9.17) is 0 Å². The molecule has 1 atom stereocenters. The fourth-order valence-electron chi connectivity index (χ4n) is 2.19. The van der Waals surface area contributed by atoms with Crippen molar-refractivity contribution in [2.24, 2.45) is 0 Å². The first-order chi connectivity index (χ1) is 7.75. The molecule has 2 heterocycles. The minimum atomic E-state index is 0.682. The lowest BCUT2D eigenvalue weighted by Crippen LogP contribution is -2.36. The van der Waals surface area contributed by atoms with Crippen LogP contribution >= 0.6 is 11.3 Å². The summed E-state index contributed by atoms with van der Waals surface area (Å²) in [6.45, 7) is 8.05. The fourth-order valence-corrected chi connectivity index (χ4v) is 2.78. The maximum absolute atomic E-state index is 4.29. The third-order valence-corrected chi connectivity index (χ3v) is 3.88. The Bertz CT molecular complexity index is 297. The molecule has 0 aromatic carbocycles. The van der Waals surface area contributed by atoms with Gasteiger partial charge in [-0.1, -0.05) is 0 Å². The summed E-state index contributed by atoms with van der Waals surface area (Å²) in [6, 6.07) is 1.37. The summed E-state index contributed by atoms with van der Waals surface area (Å²) in [6.07, 6.45) is 2.34. The van der Waals surface area contributed by atoms with Crippen molar-refractivity contribution in [3.05, 3.63) is 16.6 Å². The molecule has 0 bridgehead atoms. The number of nitrogens with one attached hydrogen (secondary N) is 1. The summed E-state index contributed by atoms with van der Waals surface area (Å²) in [5.41, 5.74) is 3.13. The van der Waals surface area contributed by atoms with Crippen LogP contribution in [0.25, 0.3) is 0 Å². The number of hydrogen-bond donors (Lipinski definition) is 1. The second-order valence-corrected chi connectivity index (χ2v) is 5.48. The Labute approximate surface area is 102 Å². The quantitative estimate of drug-likeness (QED) is 0.848. The van der Waals surface area contributed by atoms with Crippen LogP contribution in [0.4, 0.5) is 0 Å². The zero-order valence-corrected chi connectivity index (χ0v) is 11.0. The molecule has 1 aliphatic rings. The van der Waals surface area contributed by atoms with Gasteiger partial charge in [-0.2, -0.15) is 0 Å². The Kier molecular flexibility index (Phi) is 4.32. The zero-order valence-electron chi connectivity index (χ0n) is 10.1. The van der Waals surface area contributed by atoms with Crippen molar-refractivity contribution < 1.29 is 0 Å². The van der Waals surface area contributed by atoms with Crippen LogP contribution in [0.3, 0.4) is 0 Å². The van der Waals surface area contributed by atoms with Crippen LogP contribution in [0.2, 0.25) is 0 Å². The smallest absolute Gasteiger partial charge is 0.0794 e. The molecular formula is C12H21N3S. The SMILES string of the molecule is CC(C)N1CCC(NCCc2cscn2)C1. The highest BCUT2D eigenvalue weighted by Crippen LogP contribution is 2.12. The van der Waals surface area contributed by atoms with Crippen LogP contribution in [0.1, 0.15) is 26.0 Å². The Hall–Kier alpha value is -0.450. The highest BCUT2D eigenvalue weighted by Gasteiger charge is 2.23. The number of likely N-dealkylation sites (tertiary alicyclic amines) is 1. The highest BCUT2D eigenvalue weighted by molar-refractivity contribution is 7.07. The van der Waals surface area contributed by atoms with E-state index in [-0.39, 0.29) is 0 Å². The number of nitrogens with zero attached hydrogens (tertiary/aromatic N) is 2. The third-order valence-electron chi connectivity index (χ3n) is 3.25. The first-order valence-corrected chi connectivity index (χ1v) is 7.04. The minimum Gasteiger partial charge on any atom is -0.312 e. The van der Waals surface area contributed by atoms with E-state index in [9.17, 15) is 0 Å². The van der Waals surface area contributed by atoms with E-state index in [1.165, 1.54) is 25.2 Å². The van der Waals surface area contributed by atoms with Crippen molar-refractivity contribution in [2.45, 2.75) is 38.8 Å². The molecule has 1 N–H and O–H groups in total. The second-order valence-electron chi connectivity index (χ2n) is 4.76. The average molecular weight is 239 g/mol. The van der Waals surface area contributed by atoms with Crippen molar-refractivity contribution in [1.29, 1.82) is 0 Å². The van der Waals surface area contributed by atoms with E-state index in [0.29, 0.717) is 12.1 Å². The highest BCUT2D eigenvalue weighted by atomic mass is 32.1. The molecule has 1 saturated heterocycles. The molecule has 1 aromatic heterocycles. The van der Waals surface area contributed by atoms with Gasteiger partial charge in [-0.3, -0.25) is 4.90 Å². The standard InChI is InChI=1S/C12H21N3S/c1-10(2)15-6-4-11(7-15)13-5-3-12-8-16-9-14-12/h8-11,13H,3-7H2,1-2H3. The summed E-state index contributed by atoms with van der Waals surface area (Å²) in [5, 5.41) is 5.76.